The topological polar surface area (TPSA) is 64.6 Å². The molecule has 1 rings (SSSR count). The van der Waals surface area contributed by atoms with Crippen LogP contribution in [0.25, 0.3) is 0 Å². The Hall–Kier alpha value is -2.04. The van der Waals surface area contributed by atoms with E-state index in [2.05, 4.69) is 4.74 Å². The number of carbonyl (C=O) groups excluding carboxylic acids is 2. The Balaban J connectivity index is 2.70. The highest BCUT2D eigenvalue weighted by atomic mass is 16.5. The van der Waals surface area contributed by atoms with E-state index in [0.717, 1.165) is 0 Å². The lowest BCUT2D eigenvalue weighted by Gasteiger charge is -2.03. The third-order valence-electron chi connectivity index (χ3n) is 1.75. The van der Waals surface area contributed by atoms with Crippen molar-refractivity contribution in [2.24, 2.45) is 0 Å². The van der Waals surface area contributed by atoms with Crippen molar-refractivity contribution in [1.82, 2.24) is 5.32 Å². The van der Waals surface area contributed by atoms with Crippen molar-refractivity contribution >= 4 is 12.0 Å². The van der Waals surface area contributed by atoms with Gasteiger partial charge in [-0.25, -0.2) is 4.79 Å². The number of nitrogens with one attached hydrogen (secondary N) is 1. The van der Waals surface area contributed by atoms with Crippen LogP contribution >= 0.6 is 0 Å². The quantitative estimate of drug-likeness (QED) is 0.794. The van der Waals surface area contributed by atoms with E-state index in [9.17, 15) is 9.59 Å². The molecule has 15 heavy (non-hydrogen) atoms. The first-order valence-corrected chi connectivity index (χ1v) is 4.20. The molecule has 1 aromatic rings. The predicted molar refractivity (Wildman–Crippen MR) is 52.9 cm³/mol. The molecule has 0 atom stereocenters. The number of benzene rings is 1. The number of imide groups is 1. The summed E-state index contributed by atoms with van der Waals surface area (Å²) in [5, 5.41) is 2.04. The molecule has 0 aliphatic heterocycles. The Morgan fingerprint density at radius 2 is 1.73 bits per heavy atom. The lowest BCUT2D eigenvalue weighted by Crippen LogP contribution is -2.30. The zero-order chi connectivity index (χ0) is 11.3. The van der Waals surface area contributed by atoms with Gasteiger partial charge in [0.15, 0.2) is 0 Å². The molecule has 0 saturated heterocycles. The molecular formula is C10H11NO4. The molecule has 5 nitrogen and oxygen atoms in total. The summed E-state index contributed by atoms with van der Waals surface area (Å²) in [5.74, 6) is 0.133. The predicted octanol–water partition coefficient (Wildman–Crippen LogP) is 1.19. The Bertz CT molecular complexity index is 358. The summed E-state index contributed by atoms with van der Waals surface area (Å²) >= 11 is 0. The van der Waals surface area contributed by atoms with Crippen LogP contribution in [0.5, 0.6) is 5.75 Å². The van der Waals surface area contributed by atoms with Gasteiger partial charge in [0, 0.05) is 5.56 Å². The van der Waals surface area contributed by atoms with Crippen LogP contribution in [-0.4, -0.2) is 26.2 Å². The first-order valence-electron chi connectivity index (χ1n) is 4.20. The van der Waals surface area contributed by atoms with E-state index in [1.807, 2.05) is 5.32 Å². The van der Waals surface area contributed by atoms with Gasteiger partial charge in [0.2, 0.25) is 0 Å². The summed E-state index contributed by atoms with van der Waals surface area (Å²) in [7, 11) is 2.72. The van der Waals surface area contributed by atoms with Crippen LogP contribution in [0.15, 0.2) is 24.3 Å². The maximum atomic E-state index is 11.4. The second-order valence-corrected chi connectivity index (χ2v) is 2.67. The fourth-order valence-electron chi connectivity index (χ4n) is 0.958. The van der Waals surface area contributed by atoms with Crippen molar-refractivity contribution < 1.29 is 19.1 Å². The number of methoxy groups -OCH3 is 2. The van der Waals surface area contributed by atoms with Gasteiger partial charge in [-0.3, -0.25) is 10.1 Å². The Kier molecular flexibility index (Phi) is 3.68. The molecule has 80 valence electrons. The van der Waals surface area contributed by atoms with Gasteiger partial charge in [-0.1, -0.05) is 0 Å². The van der Waals surface area contributed by atoms with Gasteiger partial charge in [0.1, 0.15) is 5.75 Å². The van der Waals surface area contributed by atoms with Crippen LogP contribution in [0.3, 0.4) is 0 Å². The minimum atomic E-state index is -0.782. The summed E-state index contributed by atoms with van der Waals surface area (Å²) in [6.07, 6.45) is -0.782. The van der Waals surface area contributed by atoms with Crippen molar-refractivity contribution in [3.05, 3.63) is 29.8 Å². The minimum absolute atomic E-state index is 0.362. The van der Waals surface area contributed by atoms with Crippen LogP contribution < -0.4 is 10.1 Å². The minimum Gasteiger partial charge on any atom is -0.497 e. The molecule has 2 amide bonds. The van der Waals surface area contributed by atoms with E-state index in [1.54, 1.807) is 24.3 Å². The highest BCUT2D eigenvalue weighted by Gasteiger charge is 2.09. The van der Waals surface area contributed by atoms with E-state index < -0.39 is 12.0 Å². The summed E-state index contributed by atoms with van der Waals surface area (Å²) in [6.45, 7) is 0. The summed E-state index contributed by atoms with van der Waals surface area (Å²) in [4.78, 5) is 22.1. The van der Waals surface area contributed by atoms with Crippen molar-refractivity contribution in [2.45, 2.75) is 0 Å². The van der Waals surface area contributed by atoms with E-state index in [-0.39, 0.29) is 0 Å². The largest absolute Gasteiger partial charge is 0.497 e. The van der Waals surface area contributed by atoms with E-state index in [1.165, 1.54) is 14.2 Å². The molecule has 5 heteroatoms. The Morgan fingerprint density at radius 3 is 2.20 bits per heavy atom. The number of ether oxygens (including phenoxy) is 2. The van der Waals surface area contributed by atoms with Gasteiger partial charge in [-0.15, -0.1) is 0 Å². The highest BCUT2D eigenvalue weighted by Crippen LogP contribution is 2.10. The van der Waals surface area contributed by atoms with Gasteiger partial charge in [0.05, 0.1) is 14.2 Å². The van der Waals surface area contributed by atoms with Gasteiger partial charge < -0.3 is 9.47 Å². The second kappa shape index (κ2) is 4.99. The fraction of sp³-hybridized carbons (Fsp3) is 0.200. The van der Waals surface area contributed by atoms with E-state index >= 15 is 0 Å². The number of carbonyl (C=O) groups is 2. The number of rotatable bonds is 2. The number of hydrogen-bond donors (Lipinski definition) is 1. The lowest BCUT2D eigenvalue weighted by atomic mass is 10.2. The Labute approximate surface area is 87.0 Å². The van der Waals surface area contributed by atoms with Crippen LogP contribution in [-0.2, 0) is 4.74 Å². The van der Waals surface area contributed by atoms with Gasteiger partial charge in [-0.05, 0) is 24.3 Å². The molecule has 0 radical (unpaired) electrons. The molecule has 0 saturated carbocycles. The molecule has 0 aliphatic carbocycles. The standard InChI is InChI=1S/C10H11NO4/c1-14-8-5-3-7(4-6-8)9(12)11-10(13)15-2/h3-6H,1-2H3,(H,11,12,13). The lowest BCUT2D eigenvalue weighted by molar-refractivity contribution is 0.0937. The van der Waals surface area contributed by atoms with Crippen molar-refractivity contribution in [1.29, 1.82) is 0 Å². The SMILES string of the molecule is COC(=O)NC(=O)c1ccc(OC)cc1. The van der Waals surface area contributed by atoms with Crippen LogP contribution in [0, 0.1) is 0 Å². The monoisotopic (exact) mass is 209 g/mol. The van der Waals surface area contributed by atoms with Crippen molar-refractivity contribution in [3.8, 4) is 5.75 Å². The smallest absolute Gasteiger partial charge is 0.413 e. The van der Waals surface area contributed by atoms with Gasteiger partial charge in [0.25, 0.3) is 5.91 Å². The molecule has 1 N–H and O–H groups in total. The van der Waals surface area contributed by atoms with Crippen molar-refractivity contribution in [3.63, 3.8) is 0 Å². The van der Waals surface area contributed by atoms with Crippen molar-refractivity contribution in [2.75, 3.05) is 14.2 Å². The van der Waals surface area contributed by atoms with Crippen LogP contribution in [0.1, 0.15) is 10.4 Å². The summed E-state index contributed by atoms with van der Waals surface area (Å²) < 4.78 is 9.22. The molecule has 0 aromatic heterocycles. The maximum absolute atomic E-state index is 11.4. The average Bonchev–Trinajstić information content (AvgIpc) is 2.29. The molecule has 0 fully saturated rings. The summed E-state index contributed by atoms with van der Waals surface area (Å²) in [6, 6.07) is 6.37. The molecular weight excluding hydrogens is 198 g/mol. The maximum Gasteiger partial charge on any atom is 0.413 e. The number of amides is 2. The van der Waals surface area contributed by atoms with Gasteiger partial charge in [-0.2, -0.15) is 0 Å². The molecule has 1 aromatic carbocycles. The molecule has 0 spiro atoms. The van der Waals surface area contributed by atoms with E-state index in [4.69, 9.17) is 4.74 Å². The molecule has 0 unspecified atom stereocenters. The van der Waals surface area contributed by atoms with Gasteiger partial charge >= 0.3 is 6.09 Å². The number of hydrogen-bond acceptors (Lipinski definition) is 4. The normalized spacial score (nSPS) is 9.20. The second-order valence-electron chi connectivity index (χ2n) is 2.67. The highest BCUT2D eigenvalue weighted by molar-refractivity contribution is 6.02. The number of alkyl carbamates (subject to hydrolysis) is 1. The fourth-order valence-corrected chi connectivity index (χ4v) is 0.958. The summed E-state index contributed by atoms with van der Waals surface area (Å²) in [5.41, 5.74) is 0.362. The third-order valence-corrected chi connectivity index (χ3v) is 1.75. The average molecular weight is 209 g/mol. The first-order chi connectivity index (χ1) is 7.17. The molecule has 0 bridgehead atoms. The molecule has 0 heterocycles. The Morgan fingerprint density at radius 1 is 1.13 bits per heavy atom. The zero-order valence-corrected chi connectivity index (χ0v) is 8.44. The first kappa shape index (κ1) is 11.0. The van der Waals surface area contributed by atoms with E-state index in [0.29, 0.717) is 11.3 Å². The zero-order valence-electron chi connectivity index (χ0n) is 8.44. The third kappa shape index (κ3) is 2.98. The molecule has 0 aliphatic rings. The van der Waals surface area contributed by atoms with Crippen LogP contribution in [0.2, 0.25) is 0 Å². The van der Waals surface area contributed by atoms with Crippen LogP contribution in [0.4, 0.5) is 4.79 Å².